The fraction of sp³-hybridized carbons (Fsp3) is 0.438. The third-order valence-electron chi connectivity index (χ3n) is 3.76. The van der Waals surface area contributed by atoms with Crippen molar-refractivity contribution >= 4 is 0 Å². The zero-order chi connectivity index (χ0) is 13.1. The first-order valence-corrected chi connectivity index (χ1v) is 7.08. The third kappa shape index (κ3) is 3.04. The fourth-order valence-electron chi connectivity index (χ4n) is 2.52. The van der Waals surface area contributed by atoms with Crippen LogP contribution in [0.4, 0.5) is 0 Å². The molecule has 1 aromatic heterocycles. The number of aliphatic hydroxyl groups excluding tert-OH is 1. The Hall–Kier alpha value is -1.61. The molecule has 1 aromatic carbocycles. The van der Waals surface area contributed by atoms with Crippen LogP contribution in [0.2, 0.25) is 0 Å². The highest BCUT2D eigenvalue weighted by Gasteiger charge is 2.27. The molecule has 0 saturated heterocycles. The van der Waals surface area contributed by atoms with Crippen molar-refractivity contribution in [1.29, 1.82) is 0 Å². The zero-order valence-electron chi connectivity index (χ0n) is 11.1. The van der Waals surface area contributed by atoms with E-state index in [1.54, 1.807) is 0 Å². The van der Waals surface area contributed by atoms with Crippen LogP contribution in [0.25, 0.3) is 0 Å². The van der Waals surface area contributed by atoms with Crippen molar-refractivity contribution in [2.45, 2.75) is 44.2 Å². The molecule has 1 N–H and O–H groups in total. The summed E-state index contributed by atoms with van der Waals surface area (Å²) in [7, 11) is 0. The summed E-state index contributed by atoms with van der Waals surface area (Å²) in [6.07, 6.45) is 8.55. The average molecular weight is 256 g/mol. The minimum Gasteiger partial charge on any atom is -0.387 e. The van der Waals surface area contributed by atoms with Crippen LogP contribution in [-0.4, -0.2) is 14.7 Å². The molecule has 0 amide bonds. The number of hydrogen-bond donors (Lipinski definition) is 1. The molecule has 0 aliphatic heterocycles. The van der Waals surface area contributed by atoms with Crippen molar-refractivity contribution in [3.05, 3.63) is 54.1 Å². The SMILES string of the molecule is OC(CCCc1ccccc1)c1cncn1C1CC1. The summed E-state index contributed by atoms with van der Waals surface area (Å²) >= 11 is 0. The molecule has 1 fully saturated rings. The molecule has 1 aliphatic rings. The normalized spacial score (nSPS) is 16.5. The molecule has 2 aromatic rings. The van der Waals surface area contributed by atoms with Gasteiger partial charge in [-0.25, -0.2) is 4.98 Å². The first kappa shape index (κ1) is 12.4. The highest BCUT2D eigenvalue weighted by Crippen LogP contribution is 2.37. The van der Waals surface area contributed by atoms with Gasteiger partial charge < -0.3 is 9.67 Å². The van der Waals surface area contributed by atoms with Crippen molar-refractivity contribution in [1.82, 2.24) is 9.55 Å². The molecule has 0 spiro atoms. The second-order valence-electron chi connectivity index (χ2n) is 5.35. The molecule has 0 bridgehead atoms. The second-order valence-corrected chi connectivity index (χ2v) is 5.35. The highest BCUT2D eigenvalue weighted by molar-refractivity contribution is 5.14. The lowest BCUT2D eigenvalue weighted by atomic mass is 10.0. The van der Waals surface area contributed by atoms with Gasteiger partial charge in [0.1, 0.15) is 0 Å². The van der Waals surface area contributed by atoms with Gasteiger partial charge in [0.2, 0.25) is 0 Å². The van der Waals surface area contributed by atoms with Gasteiger partial charge in [0.05, 0.1) is 24.3 Å². The van der Waals surface area contributed by atoms with Crippen LogP contribution in [0, 0.1) is 0 Å². The van der Waals surface area contributed by atoms with E-state index in [1.807, 2.05) is 18.6 Å². The van der Waals surface area contributed by atoms with E-state index in [4.69, 9.17) is 0 Å². The van der Waals surface area contributed by atoms with Crippen molar-refractivity contribution in [2.24, 2.45) is 0 Å². The summed E-state index contributed by atoms with van der Waals surface area (Å²) < 4.78 is 2.15. The predicted molar refractivity (Wildman–Crippen MR) is 74.8 cm³/mol. The van der Waals surface area contributed by atoms with E-state index in [1.165, 1.54) is 18.4 Å². The third-order valence-corrected chi connectivity index (χ3v) is 3.76. The first-order chi connectivity index (χ1) is 9.34. The smallest absolute Gasteiger partial charge is 0.0956 e. The molecule has 1 saturated carbocycles. The van der Waals surface area contributed by atoms with E-state index in [9.17, 15) is 5.11 Å². The Kier molecular flexibility index (Phi) is 3.65. The molecule has 19 heavy (non-hydrogen) atoms. The molecule has 1 aliphatic carbocycles. The van der Waals surface area contributed by atoms with Gasteiger partial charge in [0.25, 0.3) is 0 Å². The van der Waals surface area contributed by atoms with Gasteiger partial charge in [-0.3, -0.25) is 0 Å². The zero-order valence-corrected chi connectivity index (χ0v) is 11.1. The monoisotopic (exact) mass is 256 g/mol. The topological polar surface area (TPSA) is 38.1 Å². The Balaban J connectivity index is 1.53. The molecular weight excluding hydrogens is 236 g/mol. The fourth-order valence-corrected chi connectivity index (χ4v) is 2.52. The standard InChI is InChI=1S/C16H20N2O/c19-16(8-4-7-13-5-2-1-3-6-13)15-11-17-12-18(15)14-9-10-14/h1-3,5-6,11-12,14,16,19H,4,7-10H2. The van der Waals surface area contributed by atoms with E-state index in [2.05, 4.69) is 33.8 Å². The lowest BCUT2D eigenvalue weighted by Crippen LogP contribution is -2.06. The Morgan fingerprint density at radius 2 is 2.05 bits per heavy atom. The van der Waals surface area contributed by atoms with E-state index in [0.717, 1.165) is 25.0 Å². The van der Waals surface area contributed by atoms with Crippen LogP contribution in [0.1, 0.15) is 49.1 Å². The van der Waals surface area contributed by atoms with Gasteiger partial charge in [-0.05, 0) is 37.7 Å². The number of imidazole rings is 1. The molecule has 3 rings (SSSR count). The first-order valence-electron chi connectivity index (χ1n) is 7.08. The summed E-state index contributed by atoms with van der Waals surface area (Å²) in [6.45, 7) is 0. The summed E-state index contributed by atoms with van der Waals surface area (Å²) in [5.74, 6) is 0. The summed E-state index contributed by atoms with van der Waals surface area (Å²) in [6, 6.07) is 11.0. The molecule has 0 radical (unpaired) electrons. The lowest BCUT2D eigenvalue weighted by molar-refractivity contribution is 0.155. The summed E-state index contributed by atoms with van der Waals surface area (Å²) in [5.41, 5.74) is 2.32. The van der Waals surface area contributed by atoms with Crippen molar-refractivity contribution < 1.29 is 5.11 Å². The van der Waals surface area contributed by atoms with Gasteiger partial charge in [0.15, 0.2) is 0 Å². The van der Waals surface area contributed by atoms with Gasteiger partial charge in [-0.2, -0.15) is 0 Å². The van der Waals surface area contributed by atoms with Crippen molar-refractivity contribution in [2.75, 3.05) is 0 Å². The number of aliphatic hydroxyl groups is 1. The van der Waals surface area contributed by atoms with Crippen LogP contribution in [0.5, 0.6) is 0 Å². The van der Waals surface area contributed by atoms with Crippen molar-refractivity contribution in [3.8, 4) is 0 Å². The molecular formula is C16H20N2O. The Morgan fingerprint density at radius 3 is 2.79 bits per heavy atom. The largest absolute Gasteiger partial charge is 0.387 e. The predicted octanol–water partition coefficient (Wildman–Crippen LogP) is 3.27. The van der Waals surface area contributed by atoms with Crippen LogP contribution in [0.3, 0.4) is 0 Å². The van der Waals surface area contributed by atoms with Crippen LogP contribution in [0.15, 0.2) is 42.9 Å². The van der Waals surface area contributed by atoms with Crippen LogP contribution < -0.4 is 0 Å². The summed E-state index contributed by atoms with van der Waals surface area (Å²) in [5, 5.41) is 10.3. The minimum absolute atomic E-state index is 0.383. The molecule has 3 heteroatoms. The Labute approximate surface area is 113 Å². The Morgan fingerprint density at radius 1 is 1.26 bits per heavy atom. The maximum absolute atomic E-state index is 10.3. The molecule has 1 atom stereocenters. The number of nitrogens with zero attached hydrogens (tertiary/aromatic N) is 2. The maximum Gasteiger partial charge on any atom is 0.0956 e. The molecule has 1 heterocycles. The van der Waals surface area contributed by atoms with Gasteiger partial charge in [-0.1, -0.05) is 30.3 Å². The number of rotatable bonds is 6. The quantitative estimate of drug-likeness (QED) is 0.861. The van der Waals surface area contributed by atoms with Gasteiger partial charge >= 0.3 is 0 Å². The number of benzene rings is 1. The molecule has 100 valence electrons. The van der Waals surface area contributed by atoms with E-state index < -0.39 is 0 Å². The lowest BCUT2D eigenvalue weighted by Gasteiger charge is -2.13. The molecule has 1 unspecified atom stereocenters. The summed E-state index contributed by atoms with van der Waals surface area (Å²) in [4.78, 5) is 4.17. The highest BCUT2D eigenvalue weighted by atomic mass is 16.3. The molecule has 3 nitrogen and oxygen atoms in total. The minimum atomic E-state index is -0.383. The van der Waals surface area contributed by atoms with E-state index in [-0.39, 0.29) is 6.10 Å². The number of aromatic nitrogens is 2. The maximum atomic E-state index is 10.3. The number of hydrogen-bond acceptors (Lipinski definition) is 2. The average Bonchev–Trinajstić information content (AvgIpc) is 3.17. The van der Waals surface area contributed by atoms with Crippen LogP contribution >= 0.6 is 0 Å². The van der Waals surface area contributed by atoms with E-state index in [0.29, 0.717) is 6.04 Å². The second kappa shape index (κ2) is 5.57. The van der Waals surface area contributed by atoms with Gasteiger partial charge in [0, 0.05) is 6.04 Å². The van der Waals surface area contributed by atoms with Crippen molar-refractivity contribution in [3.63, 3.8) is 0 Å². The van der Waals surface area contributed by atoms with Crippen LogP contribution in [-0.2, 0) is 6.42 Å². The Bertz CT molecular complexity index is 517. The van der Waals surface area contributed by atoms with Gasteiger partial charge in [-0.15, -0.1) is 0 Å². The van der Waals surface area contributed by atoms with E-state index >= 15 is 0 Å². The number of aryl methyl sites for hydroxylation is 1.